The van der Waals surface area contributed by atoms with E-state index in [0.717, 1.165) is 38.5 Å². The van der Waals surface area contributed by atoms with Crippen molar-refractivity contribution in [2.75, 3.05) is 26.2 Å². The van der Waals surface area contributed by atoms with Crippen LogP contribution in [0.2, 0.25) is 0 Å². The van der Waals surface area contributed by atoms with E-state index in [2.05, 4.69) is 25.7 Å². The number of rotatable bonds is 5. The van der Waals surface area contributed by atoms with Gasteiger partial charge >= 0.3 is 0 Å². The summed E-state index contributed by atoms with van der Waals surface area (Å²) in [7, 11) is 0. The number of hydrogen-bond donors (Lipinski definition) is 1. The molecule has 0 aromatic rings. The first-order chi connectivity index (χ1) is 8.01. The summed E-state index contributed by atoms with van der Waals surface area (Å²) in [4.78, 5) is 2.63. The molecule has 2 rings (SSSR count). The fourth-order valence-corrected chi connectivity index (χ4v) is 3.29. The van der Waals surface area contributed by atoms with Gasteiger partial charge in [0.05, 0.1) is 5.60 Å². The molecule has 1 heterocycles. The van der Waals surface area contributed by atoms with Crippen LogP contribution >= 0.6 is 0 Å². The zero-order valence-corrected chi connectivity index (χ0v) is 11.7. The minimum Gasteiger partial charge on any atom is -0.375 e. The zero-order valence-electron chi connectivity index (χ0n) is 11.7. The average molecular weight is 240 g/mol. The molecule has 3 nitrogen and oxygen atoms in total. The molecule has 1 unspecified atom stereocenters. The topological polar surface area (TPSA) is 38.5 Å². The van der Waals surface area contributed by atoms with Crippen LogP contribution in [0.25, 0.3) is 0 Å². The van der Waals surface area contributed by atoms with E-state index in [9.17, 15) is 0 Å². The Morgan fingerprint density at radius 2 is 2.06 bits per heavy atom. The highest BCUT2D eigenvalue weighted by atomic mass is 16.5. The van der Waals surface area contributed by atoms with Crippen LogP contribution in [0.5, 0.6) is 0 Å². The van der Waals surface area contributed by atoms with E-state index in [-0.39, 0.29) is 11.1 Å². The van der Waals surface area contributed by atoms with Gasteiger partial charge in [-0.25, -0.2) is 0 Å². The fourth-order valence-electron chi connectivity index (χ4n) is 3.29. The van der Waals surface area contributed by atoms with E-state index in [1.54, 1.807) is 0 Å². The quantitative estimate of drug-likeness (QED) is 0.799. The van der Waals surface area contributed by atoms with Crippen molar-refractivity contribution in [2.45, 2.75) is 57.6 Å². The van der Waals surface area contributed by atoms with E-state index < -0.39 is 0 Å². The van der Waals surface area contributed by atoms with Gasteiger partial charge in [0.1, 0.15) is 0 Å². The number of nitrogens with two attached hydrogens (primary N) is 1. The molecule has 2 N–H and O–H groups in total. The molecule has 0 radical (unpaired) electrons. The van der Waals surface area contributed by atoms with Crippen LogP contribution < -0.4 is 5.73 Å². The van der Waals surface area contributed by atoms with Crippen molar-refractivity contribution in [1.29, 1.82) is 0 Å². The number of hydrogen-bond acceptors (Lipinski definition) is 3. The van der Waals surface area contributed by atoms with Crippen LogP contribution in [0.4, 0.5) is 0 Å². The van der Waals surface area contributed by atoms with Crippen molar-refractivity contribution in [3.05, 3.63) is 0 Å². The summed E-state index contributed by atoms with van der Waals surface area (Å²) >= 11 is 0. The van der Waals surface area contributed by atoms with E-state index in [0.29, 0.717) is 0 Å². The highest BCUT2D eigenvalue weighted by Crippen LogP contribution is 2.39. The van der Waals surface area contributed by atoms with Gasteiger partial charge in [-0.3, -0.25) is 4.90 Å². The first kappa shape index (κ1) is 13.3. The van der Waals surface area contributed by atoms with Crippen LogP contribution in [0, 0.1) is 5.92 Å². The van der Waals surface area contributed by atoms with Crippen molar-refractivity contribution in [3.8, 4) is 0 Å². The minimum atomic E-state index is -0.0193. The molecular weight excluding hydrogens is 212 g/mol. The summed E-state index contributed by atoms with van der Waals surface area (Å²) < 4.78 is 5.86. The van der Waals surface area contributed by atoms with Crippen molar-refractivity contribution < 1.29 is 4.74 Å². The third-order valence-electron chi connectivity index (χ3n) is 4.42. The summed E-state index contributed by atoms with van der Waals surface area (Å²) in [6.45, 7) is 10.6. The van der Waals surface area contributed by atoms with E-state index >= 15 is 0 Å². The lowest BCUT2D eigenvalue weighted by Gasteiger charge is -2.50. The molecule has 0 aromatic heterocycles. The molecule has 0 amide bonds. The summed E-state index contributed by atoms with van der Waals surface area (Å²) in [6.07, 6.45) is 4.98. The lowest BCUT2D eigenvalue weighted by Crippen LogP contribution is -2.61. The molecule has 1 saturated carbocycles. The van der Waals surface area contributed by atoms with Crippen LogP contribution in [0.15, 0.2) is 0 Å². The molecule has 0 bridgehead atoms. The smallest absolute Gasteiger partial charge is 0.0644 e. The molecule has 1 aliphatic carbocycles. The summed E-state index contributed by atoms with van der Waals surface area (Å²) in [6, 6.07) is 0. The predicted molar refractivity (Wildman–Crippen MR) is 71.0 cm³/mol. The van der Waals surface area contributed by atoms with E-state index in [4.69, 9.17) is 10.5 Å². The van der Waals surface area contributed by atoms with Gasteiger partial charge < -0.3 is 10.5 Å². The molecule has 1 atom stereocenters. The molecular formula is C14H28N2O. The second-order valence-corrected chi connectivity index (χ2v) is 6.45. The SMILES string of the molecule is CCN(CC1CC1)C1(CN)CCOC(C)(C)C1. The van der Waals surface area contributed by atoms with Gasteiger partial charge in [0.2, 0.25) is 0 Å². The van der Waals surface area contributed by atoms with Crippen LogP contribution in [-0.4, -0.2) is 42.3 Å². The highest BCUT2D eigenvalue weighted by Gasteiger charge is 2.44. The number of likely N-dealkylation sites (N-methyl/N-ethyl adjacent to an activating group) is 1. The van der Waals surface area contributed by atoms with E-state index in [1.807, 2.05) is 0 Å². The maximum Gasteiger partial charge on any atom is 0.0644 e. The molecule has 2 aliphatic rings. The normalized spacial score (nSPS) is 33.0. The summed E-state index contributed by atoms with van der Waals surface area (Å²) in [5, 5.41) is 0. The van der Waals surface area contributed by atoms with Crippen LogP contribution in [0.3, 0.4) is 0 Å². The van der Waals surface area contributed by atoms with Crippen LogP contribution in [-0.2, 0) is 4.74 Å². The Bertz CT molecular complexity index is 263. The van der Waals surface area contributed by atoms with Crippen molar-refractivity contribution in [1.82, 2.24) is 4.90 Å². The Balaban J connectivity index is 2.09. The molecule has 0 aromatic carbocycles. The standard InChI is InChI=1S/C14H28N2O/c1-4-16(9-12-5-6-12)14(11-15)7-8-17-13(2,3)10-14/h12H,4-11,15H2,1-3H3. The predicted octanol–water partition coefficient (Wildman–Crippen LogP) is 2.00. The van der Waals surface area contributed by atoms with Crippen molar-refractivity contribution in [2.24, 2.45) is 11.7 Å². The lowest BCUT2D eigenvalue weighted by atomic mass is 9.79. The Morgan fingerprint density at radius 3 is 2.53 bits per heavy atom. The highest BCUT2D eigenvalue weighted by molar-refractivity contribution is 5.00. The van der Waals surface area contributed by atoms with Gasteiger partial charge in [0.15, 0.2) is 0 Å². The summed E-state index contributed by atoms with van der Waals surface area (Å²) in [5.41, 5.74) is 6.30. The fraction of sp³-hybridized carbons (Fsp3) is 1.00. The first-order valence-electron chi connectivity index (χ1n) is 7.10. The Morgan fingerprint density at radius 1 is 1.35 bits per heavy atom. The maximum absolute atomic E-state index is 6.13. The molecule has 3 heteroatoms. The molecule has 17 heavy (non-hydrogen) atoms. The average Bonchev–Trinajstić information content (AvgIpc) is 3.08. The zero-order chi connectivity index (χ0) is 12.5. The third kappa shape index (κ3) is 3.01. The van der Waals surface area contributed by atoms with Gasteiger partial charge in [0.25, 0.3) is 0 Å². The second-order valence-electron chi connectivity index (χ2n) is 6.45. The Hall–Kier alpha value is -0.120. The monoisotopic (exact) mass is 240 g/mol. The molecule has 0 spiro atoms. The van der Waals surface area contributed by atoms with Crippen molar-refractivity contribution in [3.63, 3.8) is 0 Å². The number of nitrogens with zero attached hydrogens (tertiary/aromatic N) is 1. The Labute approximate surface area is 106 Å². The Kier molecular flexibility index (Phi) is 3.81. The minimum absolute atomic E-state index is 0.0193. The molecule has 100 valence electrons. The van der Waals surface area contributed by atoms with Gasteiger partial charge in [-0.1, -0.05) is 6.92 Å². The largest absolute Gasteiger partial charge is 0.375 e. The van der Waals surface area contributed by atoms with Gasteiger partial charge in [-0.15, -0.1) is 0 Å². The van der Waals surface area contributed by atoms with Crippen LogP contribution in [0.1, 0.15) is 46.5 Å². The maximum atomic E-state index is 6.13. The van der Waals surface area contributed by atoms with Gasteiger partial charge in [-0.2, -0.15) is 0 Å². The molecule has 1 aliphatic heterocycles. The van der Waals surface area contributed by atoms with E-state index in [1.165, 1.54) is 19.4 Å². The van der Waals surface area contributed by atoms with Gasteiger partial charge in [-0.05, 0) is 52.0 Å². The lowest BCUT2D eigenvalue weighted by molar-refractivity contribution is -0.118. The van der Waals surface area contributed by atoms with Crippen molar-refractivity contribution >= 4 is 0 Å². The first-order valence-corrected chi connectivity index (χ1v) is 7.10. The third-order valence-corrected chi connectivity index (χ3v) is 4.42. The summed E-state index contributed by atoms with van der Waals surface area (Å²) in [5.74, 6) is 0.935. The molecule has 2 fully saturated rings. The van der Waals surface area contributed by atoms with Gasteiger partial charge in [0, 0.05) is 25.2 Å². The molecule has 1 saturated heterocycles. The second kappa shape index (κ2) is 4.87. The number of ether oxygens (including phenoxy) is 1.